The third-order valence-corrected chi connectivity index (χ3v) is 15.9. The first-order chi connectivity index (χ1) is 46.0. The molecule has 0 bridgehead atoms. The summed E-state index contributed by atoms with van der Waals surface area (Å²) in [6.07, 6.45) is 7.17. The molecule has 0 saturated carbocycles. The molecule has 11 aromatic rings. The number of nitrogens with zero attached hydrogens (tertiary/aromatic N) is 5. The van der Waals surface area contributed by atoms with Gasteiger partial charge in [0.15, 0.2) is 0 Å². The molecule has 9 N–H and O–H groups in total. The van der Waals surface area contributed by atoms with E-state index in [4.69, 9.17) is 45.6 Å². The van der Waals surface area contributed by atoms with E-state index < -0.39 is 17.7 Å². The Bertz CT molecular complexity index is 4630. The number of rotatable bonds is 14. The van der Waals surface area contributed by atoms with Gasteiger partial charge in [-0.2, -0.15) is 0 Å². The van der Waals surface area contributed by atoms with E-state index >= 15 is 0 Å². The quantitative estimate of drug-likeness (QED) is 0.0590. The monoisotopic (exact) mass is 1280 g/mol. The van der Waals surface area contributed by atoms with Gasteiger partial charge >= 0.3 is 12.1 Å². The molecule has 3 aliphatic heterocycles. The molecule has 3 aromatic heterocycles. The molecule has 0 unspecified atom stereocenters. The van der Waals surface area contributed by atoms with Gasteiger partial charge in [-0.1, -0.05) is 0 Å². The number of methoxy groups -OCH3 is 3. The van der Waals surface area contributed by atoms with E-state index in [-0.39, 0.29) is 34.8 Å². The van der Waals surface area contributed by atoms with Gasteiger partial charge < -0.3 is 61.6 Å². The predicted molar refractivity (Wildman–Crippen MR) is 355 cm³/mol. The number of amides is 7. The van der Waals surface area contributed by atoms with Gasteiger partial charge in [-0.05, 0) is 175 Å². The summed E-state index contributed by atoms with van der Waals surface area (Å²) in [5.41, 5.74) is 25.9. The van der Waals surface area contributed by atoms with Crippen molar-refractivity contribution in [2.24, 2.45) is 17.2 Å². The van der Waals surface area contributed by atoms with Gasteiger partial charge in [-0.25, -0.2) is 18.4 Å². The number of pyridine rings is 3. The van der Waals surface area contributed by atoms with Crippen LogP contribution in [0.1, 0.15) is 47.8 Å². The second kappa shape index (κ2) is 27.1. The fourth-order valence-electron chi connectivity index (χ4n) is 11.3. The highest BCUT2D eigenvalue weighted by atomic mass is 19.1. The third-order valence-electron chi connectivity index (χ3n) is 15.9. The van der Waals surface area contributed by atoms with Crippen molar-refractivity contribution in [2.45, 2.75) is 19.3 Å². The first kappa shape index (κ1) is 62.6. The van der Waals surface area contributed by atoms with Crippen molar-refractivity contribution in [1.82, 2.24) is 15.0 Å². The molecule has 0 atom stereocenters. The lowest BCUT2D eigenvalue weighted by Crippen LogP contribution is -2.33. The zero-order chi connectivity index (χ0) is 66.4. The van der Waals surface area contributed by atoms with Crippen LogP contribution >= 0.6 is 0 Å². The summed E-state index contributed by atoms with van der Waals surface area (Å²) in [6, 6.07) is 42.6. The summed E-state index contributed by atoms with van der Waals surface area (Å²) < 4.78 is 60.4. The zero-order valence-corrected chi connectivity index (χ0v) is 51.2. The highest BCUT2D eigenvalue weighted by Crippen LogP contribution is 2.40. The number of nitrogens with two attached hydrogens (primary N) is 3. The van der Waals surface area contributed by atoms with Crippen LogP contribution in [-0.4, -0.2) is 85.7 Å². The average Bonchev–Trinajstić information content (AvgIpc) is 1.83. The number of fused-ring (bicyclic) bond motifs is 6. The Morgan fingerprint density at radius 2 is 0.789 bits per heavy atom. The number of carbonyl (C=O) groups excluding carboxylic acids is 5. The van der Waals surface area contributed by atoms with Crippen LogP contribution in [0.2, 0.25) is 0 Å². The molecular formula is C71H59F2N11O11. The lowest BCUT2D eigenvalue weighted by Gasteiger charge is -2.18. The first-order valence-electron chi connectivity index (χ1n) is 29.6. The largest absolute Gasteiger partial charge is 0.496 e. The number of anilines is 5. The molecular weight excluding hydrogens is 1220 g/mol. The highest BCUT2D eigenvalue weighted by Gasteiger charge is 2.28. The maximum Gasteiger partial charge on any atom is 0.326 e. The number of hydrogen-bond acceptors (Lipinski definition) is 15. The summed E-state index contributed by atoms with van der Waals surface area (Å²) in [7, 11) is 4.41. The second-order valence-electron chi connectivity index (χ2n) is 21.8. The molecule has 0 spiro atoms. The minimum absolute atomic E-state index is 0.231. The minimum Gasteiger partial charge on any atom is -0.496 e. The number of hydrogen-bond donors (Lipinski definition) is 6. The second-order valence-corrected chi connectivity index (χ2v) is 21.8. The van der Waals surface area contributed by atoms with E-state index in [1.807, 2.05) is 42.5 Å². The molecule has 95 heavy (non-hydrogen) atoms. The van der Waals surface area contributed by atoms with Crippen LogP contribution in [-0.2, 0) is 19.3 Å². The Morgan fingerprint density at radius 3 is 1.15 bits per heavy atom. The molecule has 0 fully saturated rings. The number of benzene rings is 8. The van der Waals surface area contributed by atoms with E-state index in [1.165, 1.54) is 75.4 Å². The number of aromatic nitrogens is 3. The zero-order valence-electron chi connectivity index (χ0n) is 51.2. The summed E-state index contributed by atoms with van der Waals surface area (Å²) in [5.74, 6) is 2.07. The van der Waals surface area contributed by atoms with Gasteiger partial charge in [0.25, 0.3) is 17.7 Å². The van der Waals surface area contributed by atoms with Gasteiger partial charge in [0.1, 0.15) is 63.4 Å². The predicted octanol–water partition coefficient (Wildman–Crippen LogP) is 12.8. The Labute approximate surface area is 541 Å². The summed E-state index contributed by atoms with van der Waals surface area (Å²) >= 11 is 0. The van der Waals surface area contributed by atoms with Crippen LogP contribution in [0.4, 0.5) is 46.8 Å². The summed E-state index contributed by atoms with van der Waals surface area (Å²) in [4.78, 5) is 77.2. The third kappa shape index (κ3) is 13.6. The molecule has 24 heteroatoms. The fraction of sp³-hybridized carbons (Fsp3) is 0.127. The molecule has 6 heterocycles. The van der Waals surface area contributed by atoms with E-state index in [9.17, 15) is 32.8 Å². The van der Waals surface area contributed by atoms with E-state index in [0.717, 1.165) is 46.9 Å². The van der Waals surface area contributed by atoms with Crippen molar-refractivity contribution in [1.29, 1.82) is 0 Å². The number of nitrogens with one attached hydrogen (secondary N) is 3. The Balaban J connectivity index is 0.000000139. The molecule has 8 aromatic carbocycles. The number of primary amides is 3. The average molecular weight is 1280 g/mol. The van der Waals surface area contributed by atoms with Gasteiger partial charge in [-0.3, -0.25) is 39.1 Å². The van der Waals surface area contributed by atoms with Crippen LogP contribution in [0.25, 0.3) is 32.7 Å². The number of urea groups is 2. The van der Waals surface area contributed by atoms with Gasteiger partial charge in [-0.15, -0.1) is 0 Å². The van der Waals surface area contributed by atoms with Crippen molar-refractivity contribution in [3.05, 3.63) is 221 Å². The molecule has 478 valence electrons. The summed E-state index contributed by atoms with van der Waals surface area (Å²) in [5, 5.41) is 10.8. The molecule has 3 aliphatic rings. The first-order valence-corrected chi connectivity index (χ1v) is 29.6. The standard InChI is InChI=1S/2C26H21FN4O4.C19H17N3O3/c2*1-34-24-14-21-19(13-20(24)25(28)32)23(8-10-29-21)35-18-6-7-22-15(12-18)9-11-31(22)26(33)30-17-4-2-16(27)3-5-17;1-24-18-10-16-13(9-14(18)19(20)23)17(5-7-22-16)25-12-2-3-15-11(8-12)4-6-21-15/h2*2-8,10,12-14H,9,11H2,1H3,(H2,28,32)(H,30,33);2-3,5,7-10,21H,4,6H2,1H3,(H2,20,23). The topological polar surface area (TPSA) is 300 Å². The molecule has 14 rings (SSSR count). The Kier molecular flexibility index (Phi) is 17.8. The normalized spacial score (nSPS) is 12.4. The SMILES string of the molecule is COc1cc2nccc(Oc3ccc4c(c3)CCN4)c2cc1C(N)=O.COc1cc2nccc(Oc3ccc4c(c3)CCN4C(=O)Nc3ccc(F)cc3)c2cc1C(N)=O.COc1cc2nccc(Oc3ccc4c(c3)CCN4C(=O)Nc3ccc(F)cc3)c2cc1C(N)=O. The summed E-state index contributed by atoms with van der Waals surface area (Å²) in [6.45, 7) is 1.95. The van der Waals surface area contributed by atoms with E-state index in [0.29, 0.717) is 122 Å². The maximum atomic E-state index is 13.1. The van der Waals surface area contributed by atoms with E-state index in [1.54, 1.807) is 95.1 Å². The minimum atomic E-state index is -0.616. The molecule has 7 amide bonds. The van der Waals surface area contributed by atoms with Gasteiger partial charge in [0.2, 0.25) is 0 Å². The van der Waals surface area contributed by atoms with Crippen LogP contribution in [0.3, 0.4) is 0 Å². The molecule has 0 saturated heterocycles. The fourth-order valence-corrected chi connectivity index (χ4v) is 11.3. The molecule has 22 nitrogen and oxygen atoms in total. The van der Waals surface area contributed by atoms with Gasteiger partial charge in [0.05, 0.1) is 54.6 Å². The van der Waals surface area contributed by atoms with Crippen molar-refractivity contribution in [3.8, 4) is 51.7 Å². The lowest BCUT2D eigenvalue weighted by molar-refractivity contribution is 0.0989. The van der Waals surface area contributed by atoms with Crippen LogP contribution in [0.5, 0.6) is 51.7 Å². The number of ether oxygens (including phenoxy) is 6. The van der Waals surface area contributed by atoms with Crippen molar-refractivity contribution in [3.63, 3.8) is 0 Å². The van der Waals surface area contributed by atoms with Crippen LogP contribution in [0, 0.1) is 11.6 Å². The van der Waals surface area contributed by atoms with Crippen LogP contribution < -0.4 is 71.4 Å². The van der Waals surface area contributed by atoms with Crippen molar-refractivity contribution in [2.75, 3.05) is 66.7 Å². The van der Waals surface area contributed by atoms with Crippen LogP contribution in [0.15, 0.2) is 176 Å². The Hall–Kier alpha value is -12.6. The maximum absolute atomic E-state index is 13.1. The van der Waals surface area contributed by atoms with Crippen molar-refractivity contribution >= 4 is 90.9 Å². The van der Waals surface area contributed by atoms with Crippen molar-refractivity contribution < 1.29 is 61.2 Å². The molecule has 0 aliphatic carbocycles. The number of carbonyl (C=O) groups is 5. The number of halogens is 2. The highest BCUT2D eigenvalue weighted by molar-refractivity contribution is 6.06. The Morgan fingerprint density at radius 1 is 0.432 bits per heavy atom. The van der Waals surface area contributed by atoms with E-state index in [2.05, 4.69) is 30.9 Å². The molecule has 0 radical (unpaired) electrons. The smallest absolute Gasteiger partial charge is 0.326 e. The lowest BCUT2D eigenvalue weighted by atomic mass is 10.1. The van der Waals surface area contributed by atoms with Gasteiger partial charge in [0, 0.05) is 101 Å².